The van der Waals surface area contributed by atoms with Crippen LogP contribution in [0.5, 0.6) is 0 Å². The first kappa shape index (κ1) is 19.9. The maximum Gasteiger partial charge on any atom is 0.191 e. The summed E-state index contributed by atoms with van der Waals surface area (Å²) in [4.78, 5) is 13.9. The predicted molar refractivity (Wildman–Crippen MR) is 113 cm³/mol. The number of aromatic nitrogens is 1. The molecule has 2 fully saturated rings. The number of hydrogen-bond donors (Lipinski definition) is 2. The maximum absolute atomic E-state index is 4.53. The van der Waals surface area contributed by atoms with Crippen LogP contribution >= 0.6 is 0 Å². The standard InChI is InChI=1S/C21H36N6/c1-22-21(24-10-8-14-26-12-4-2-3-5-13-26)25-18-19-9-11-23-20(17-19)27-15-6-7-16-27/h9,11,17H,2-8,10,12-16,18H2,1H3,(H2,22,24,25). The Hall–Kier alpha value is -1.82. The van der Waals surface area contributed by atoms with Crippen LogP contribution in [0.1, 0.15) is 50.5 Å². The molecule has 3 rings (SSSR count). The molecule has 0 aromatic carbocycles. The molecule has 2 saturated heterocycles. The molecule has 0 radical (unpaired) electrons. The molecule has 6 heteroatoms. The molecule has 0 saturated carbocycles. The number of guanidine groups is 1. The average Bonchev–Trinajstić information content (AvgIpc) is 3.12. The van der Waals surface area contributed by atoms with E-state index < -0.39 is 0 Å². The molecule has 1 aromatic rings. The van der Waals surface area contributed by atoms with E-state index in [0.29, 0.717) is 0 Å². The monoisotopic (exact) mass is 372 g/mol. The zero-order valence-corrected chi connectivity index (χ0v) is 16.9. The Morgan fingerprint density at radius 2 is 1.78 bits per heavy atom. The van der Waals surface area contributed by atoms with E-state index in [4.69, 9.17) is 0 Å². The van der Waals surface area contributed by atoms with Crippen LogP contribution in [0.4, 0.5) is 5.82 Å². The summed E-state index contributed by atoms with van der Waals surface area (Å²) in [6.45, 7) is 7.73. The summed E-state index contributed by atoms with van der Waals surface area (Å²) in [7, 11) is 1.84. The highest BCUT2D eigenvalue weighted by molar-refractivity contribution is 5.79. The van der Waals surface area contributed by atoms with Crippen LogP contribution in [-0.2, 0) is 6.54 Å². The fourth-order valence-corrected chi connectivity index (χ4v) is 3.97. The molecule has 0 spiro atoms. The van der Waals surface area contributed by atoms with Gasteiger partial charge < -0.3 is 20.4 Å². The fraction of sp³-hybridized carbons (Fsp3) is 0.714. The van der Waals surface area contributed by atoms with E-state index in [2.05, 4.69) is 42.5 Å². The normalized spacial score (nSPS) is 19.1. The number of nitrogens with one attached hydrogen (secondary N) is 2. The summed E-state index contributed by atoms with van der Waals surface area (Å²) in [6, 6.07) is 4.28. The lowest BCUT2D eigenvalue weighted by molar-refractivity contribution is 0.282. The van der Waals surface area contributed by atoms with Crippen molar-refractivity contribution in [1.82, 2.24) is 20.5 Å². The van der Waals surface area contributed by atoms with Gasteiger partial charge in [0.25, 0.3) is 0 Å². The molecule has 150 valence electrons. The van der Waals surface area contributed by atoms with Crippen molar-refractivity contribution in [2.75, 3.05) is 51.2 Å². The number of nitrogens with zero attached hydrogens (tertiary/aromatic N) is 4. The van der Waals surface area contributed by atoms with Gasteiger partial charge in [0.2, 0.25) is 0 Å². The topological polar surface area (TPSA) is 55.8 Å². The van der Waals surface area contributed by atoms with Gasteiger partial charge in [-0.3, -0.25) is 4.99 Å². The minimum absolute atomic E-state index is 0.773. The Balaban J connectivity index is 1.37. The summed E-state index contributed by atoms with van der Waals surface area (Å²) >= 11 is 0. The predicted octanol–water partition coefficient (Wildman–Crippen LogP) is 2.61. The largest absolute Gasteiger partial charge is 0.357 e. The van der Waals surface area contributed by atoms with Gasteiger partial charge in [-0.2, -0.15) is 0 Å². The molecule has 6 nitrogen and oxygen atoms in total. The van der Waals surface area contributed by atoms with E-state index in [1.807, 2.05) is 13.2 Å². The van der Waals surface area contributed by atoms with Crippen molar-refractivity contribution in [3.63, 3.8) is 0 Å². The Kier molecular flexibility index (Phi) is 8.21. The molecule has 27 heavy (non-hydrogen) atoms. The Morgan fingerprint density at radius 3 is 2.52 bits per heavy atom. The maximum atomic E-state index is 4.53. The van der Waals surface area contributed by atoms with E-state index >= 15 is 0 Å². The van der Waals surface area contributed by atoms with Crippen molar-refractivity contribution >= 4 is 11.8 Å². The van der Waals surface area contributed by atoms with Crippen molar-refractivity contribution < 1.29 is 0 Å². The third-order valence-electron chi connectivity index (χ3n) is 5.57. The van der Waals surface area contributed by atoms with Crippen LogP contribution in [0.15, 0.2) is 23.3 Å². The Morgan fingerprint density at radius 1 is 1.04 bits per heavy atom. The molecule has 0 unspecified atom stereocenters. The van der Waals surface area contributed by atoms with Crippen molar-refractivity contribution in [3.05, 3.63) is 23.9 Å². The van der Waals surface area contributed by atoms with E-state index in [1.165, 1.54) is 63.7 Å². The van der Waals surface area contributed by atoms with Crippen LogP contribution in [0.2, 0.25) is 0 Å². The highest BCUT2D eigenvalue weighted by Crippen LogP contribution is 2.18. The number of pyridine rings is 1. The van der Waals surface area contributed by atoms with E-state index in [1.54, 1.807) is 0 Å². The molecule has 2 aliphatic rings. The molecule has 0 amide bonds. The molecule has 1 aromatic heterocycles. The first-order valence-electron chi connectivity index (χ1n) is 10.7. The fourth-order valence-electron chi connectivity index (χ4n) is 3.97. The van der Waals surface area contributed by atoms with E-state index in [9.17, 15) is 0 Å². The van der Waals surface area contributed by atoms with Crippen molar-refractivity contribution in [2.24, 2.45) is 4.99 Å². The smallest absolute Gasteiger partial charge is 0.191 e. The summed E-state index contributed by atoms with van der Waals surface area (Å²) in [5.74, 6) is 1.98. The molecule has 0 bridgehead atoms. The molecule has 2 N–H and O–H groups in total. The first-order valence-corrected chi connectivity index (χ1v) is 10.7. The molecule has 0 aliphatic carbocycles. The van der Waals surface area contributed by atoms with Gasteiger partial charge in [-0.15, -0.1) is 0 Å². The van der Waals surface area contributed by atoms with Gasteiger partial charge >= 0.3 is 0 Å². The SMILES string of the molecule is CN=C(NCCCN1CCCCCC1)NCc1ccnc(N2CCCC2)c1. The zero-order valence-electron chi connectivity index (χ0n) is 16.9. The molecule has 2 aliphatic heterocycles. The lowest BCUT2D eigenvalue weighted by atomic mass is 10.2. The highest BCUT2D eigenvalue weighted by Gasteiger charge is 2.13. The van der Waals surface area contributed by atoms with Gasteiger partial charge in [-0.1, -0.05) is 12.8 Å². The second-order valence-corrected chi connectivity index (χ2v) is 7.68. The van der Waals surface area contributed by atoms with Crippen LogP contribution in [0.25, 0.3) is 0 Å². The third-order valence-corrected chi connectivity index (χ3v) is 5.57. The molecular weight excluding hydrogens is 336 g/mol. The van der Waals surface area contributed by atoms with Gasteiger partial charge in [0, 0.05) is 39.4 Å². The number of aliphatic imine (C=N–C) groups is 1. The van der Waals surface area contributed by atoms with Crippen molar-refractivity contribution in [3.8, 4) is 0 Å². The number of anilines is 1. The average molecular weight is 373 g/mol. The van der Waals surface area contributed by atoms with E-state index in [-0.39, 0.29) is 0 Å². The molecule has 0 atom stereocenters. The van der Waals surface area contributed by atoms with Crippen LogP contribution in [0.3, 0.4) is 0 Å². The number of rotatable bonds is 7. The van der Waals surface area contributed by atoms with Crippen LogP contribution < -0.4 is 15.5 Å². The van der Waals surface area contributed by atoms with Crippen molar-refractivity contribution in [1.29, 1.82) is 0 Å². The van der Waals surface area contributed by atoms with Crippen molar-refractivity contribution in [2.45, 2.75) is 51.5 Å². The summed E-state index contributed by atoms with van der Waals surface area (Å²) < 4.78 is 0. The number of hydrogen-bond acceptors (Lipinski definition) is 4. The van der Waals surface area contributed by atoms with Crippen LogP contribution in [-0.4, -0.2) is 62.2 Å². The zero-order chi connectivity index (χ0) is 18.7. The summed E-state index contributed by atoms with van der Waals surface area (Å²) in [5, 5.41) is 6.88. The highest BCUT2D eigenvalue weighted by atomic mass is 15.2. The second-order valence-electron chi connectivity index (χ2n) is 7.68. The summed E-state index contributed by atoms with van der Waals surface area (Å²) in [5.41, 5.74) is 1.25. The minimum atomic E-state index is 0.773. The van der Waals surface area contributed by atoms with Gasteiger partial charge in [0.15, 0.2) is 5.96 Å². The van der Waals surface area contributed by atoms with Gasteiger partial charge in [0.05, 0.1) is 0 Å². The quantitative estimate of drug-likeness (QED) is 0.438. The first-order chi connectivity index (χ1) is 13.3. The molecule has 3 heterocycles. The molecular formula is C21H36N6. The van der Waals surface area contributed by atoms with E-state index in [0.717, 1.165) is 44.4 Å². The van der Waals surface area contributed by atoms with Gasteiger partial charge in [-0.25, -0.2) is 4.98 Å². The summed E-state index contributed by atoms with van der Waals surface area (Å²) in [6.07, 6.45) is 11.2. The number of likely N-dealkylation sites (tertiary alicyclic amines) is 1. The van der Waals surface area contributed by atoms with Gasteiger partial charge in [0.1, 0.15) is 5.82 Å². The van der Waals surface area contributed by atoms with Crippen LogP contribution in [0, 0.1) is 0 Å². The third kappa shape index (κ3) is 6.69. The minimum Gasteiger partial charge on any atom is -0.357 e. The Bertz CT molecular complexity index is 574. The Labute approximate surface area is 164 Å². The van der Waals surface area contributed by atoms with Gasteiger partial charge in [-0.05, 0) is 69.4 Å². The second kappa shape index (κ2) is 11.1. The lowest BCUT2D eigenvalue weighted by Gasteiger charge is -2.20. The lowest BCUT2D eigenvalue weighted by Crippen LogP contribution is -2.38.